The van der Waals surface area contributed by atoms with Gasteiger partial charge in [0.15, 0.2) is 0 Å². The van der Waals surface area contributed by atoms with Gasteiger partial charge >= 0.3 is 0 Å². The number of ether oxygens (including phenoxy) is 1. The lowest BCUT2D eigenvalue weighted by molar-refractivity contribution is -0.117. The van der Waals surface area contributed by atoms with Crippen LogP contribution in [0, 0.1) is 0 Å². The van der Waals surface area contributed by atoms with E-state index in [1.165, 1.54) is 7.11 Å². The first-order chi connectivity index (χ1) is 8.08. The first-order valence-electron chi connectivity index (χ1n) is 5.09. The van der Waals surface area contributed by atoms with Gasteiger partial charge in [-0.3, -0.25) is 4.79 Å². The molecule has 0 fully saturated rings. The Hall–Kier alpha value is -1.52. The molecule has 3 N–H and O–H groups in total. The van der Waals surface area contributed by atoms with E-state index < -0.39 is 6.04 Å². The number of amides is 1. The lowest BCUT2D eigenvalue weighted by Gasteiger charge is -2.13. The van der Waals surface area contributed by atoms with Crippen molar-refractivity contribution in [3.05, 3.63) is 35.9 Å². The average molecular weight is 255 g/mol. The van der Waals surface area contributed by atoms with Crippen LogP contribution in [0.1, 0.15) is 6.42 Å². The number of carbonyl (C=O) groups is 1. The van der Waals surface area contributed by atoms with Crippen LogP contribution in [-0.2, 0) is 4.79 Å². The van der Waals surface area contributed by atoms with E-state index in [1.807, 2.05) is 0 Å². The molecule has 1 aromatic rings. The minimum absolute atomic E-state index is 0.300. The molecule has 0 aliphatic rings. The first kappa shape index (κ1) is 13.5. The molecule has 0 spiro atoms. The molecule has 1 atom stereocenters. The topological polar surface area (TPSA) is 64.4 Å². The number of carbonyl (C=O) groups excluding carboxylic acids is 1. The Bertz CT molecular complexity index is 421. The molecular weight excluding hydrogens is 240 g/mol. The summed E-state index contributed by atoms with van der Waals surface area (Å²) in [6.45, 7) is 3.53. The largest absolute Gasteiger partial charge is 0.495 e. The maximum Gasteiger partial charge on any atom is 0.241 e. The van der Waals surface area contributed by atoms with Gasteiger partial charge in [-0.2, -0.15) is 0 Å². The highest BCUT2D eigenvalue weighted by molar-refractivity contribution is 6.31. The Kier molecular flexibility index (Phi) is 5.00. The van der Waals surface area contributed by atoms with Gasteiger partial charge in [0.25, 0.3) is 0 Å². The first-order valence-corrected chi connectivity index (χ1v) is 5.47. The van der Waals surface area contributed by atoms with E-state index in [0.29, 0.717) is 22.9 Å². The number of hydrogen-bond acceptors (Lipinski definition) is 3. The number of benzene rings is 1. The number of anilines is 1. The second kappa shape index (κ2) is 6.27. The van der Waals surface area contributed by atoms with Gasteiger partial charge in [0, 0.05) is 5.02 Å². The van der Waals surface area contributed by atoms with Crippen molar-refractivity contribution in [1.82, 2.24) is 0 Å². The zero-order valence-corrected chi connectivity index (χ0v) is 10.3. The molecule has 5 heteroatoms. The van der Waals surface area contributed by atoms with Gasteiger partial charge in [-0.25, -0.2) is 0 Å². The predicted octanol–water partition coefficient (Wildman–Crippen LogP) is 2.19. The van der Waals surface area contributed by atoms with Gasteiger partial charge in [-0.05, 0) is 24.6 Å². The molecule has 17 heavy (non-hydrogen) atoms. The number of nitrogens with one attached hydrogen (secondary N) is 1. The van der Waals surface area contributed by atoms with Crippen molar-refractivity contribution in [2.24, 2.45) is 5.73 Å². The van der Waals surface area contributed by atoms with Gasteiger partial charge in [0.2, 0.25) is 5.91 Å². The van der Waals surface area contributed by atoms with E-state index in [2.05, 4.69) is 11.9 Å². The Morgan fingerprint density at radius 2 is 2.41 bits per heavy atom. The highest BCUT2D eigenvalue weighted by Crippen LogP contribution is 2.27. The maximum absolute atomic E-state index is 11.7. The van der Waals surface area contributed by atoms with Gasteiger partial charge in [0.05, 0.1) is 18.8 Å². The van der Waals surface area contributed by atoms with Crippen LogP contribution >= 0.6 is 11.6 Å². The molecule has 0 radical (unpaired) electrons. The molecule has 1 rings (SSSR count). The Balaban J connectivity index is 2.83. The summed E-state index contributed by atoms with van der Waals surface area (Å²) in [4.78, 5) is 11.7. The SMILES string of the molecule is C=CCC(N)C(=O)Nc1cc(Cl)ccc1OC. The summed E-state index contributed by atoms with van der Waals surface area (Å²) in [5, 5.41) is 3.18. The van der Waals surface area contributed by atoms with Gasteiger partial charge in [0.1, 0.15) is 5.75 Å². The Morgan fingerprint density at radius 1 is 1.71 bits per heavy atom. The number of hydrogen-bond donors (Lipinski definition) is 2. The summed E-state index contributed by atoms with van der Waals surface area (Å²) >= 11 is 5.84. The molecule has 0 aliphatic carbocycles. The third-order valence-electron chi connectivity index (χ3n) is 2.18. The second-order valence-electron chi connectivity index (χ2n) is 3.46. The molecule has 1 amide bonds. The molecule has 1 unspecified atom stereocenters. The smallest absolute Gasteiger partial charge is 0.241 e. The highest BCUT2D eigenvalue weighted by atomic mass is 35.5. The minimum Gasteiger partial charge on any atom is -0.495 e. The molecule has 92 valence electrons. The fourth-order valence-corrected chi connectivity index (χ4v) is 1.46. The zero-order chi connectivity index (χ0) is 12.8. The van der Waals surface area contributed by atoms with E-state index in [1.54, 1.807) is 24.3 Å². The Labute approximate surface area is 105 Å². The molecule has 0 bridgehead atoms. The van der Waals surface area contributed by atoms with E-state index in [4.69, 9.17) is 22.1 Å². The number of nitrogens with two attached hydrogens (primary N) is 1. The van der Waals surface area contributed by atoms with Crippen molar-refractivity contribution in [3.63, 3.8) is 0 Å². The van der Waals surface area contributed by atoms with Gasteiger partial charge in [-0.1, -0.05) is 17.7 Å². The summed E-state index contributed by atoms with van der Waals surface area (Å²) in [7, 11) is 1.52. The molecular formula is C12H15ClN2O2. The minimum atomic E-state index is -0.629. The maximum atomic E-state index is 11.7. The molecule has 0 aromatic heterocycles. The third-order valence-corrected chi connectivity index (χ3v) is 2.41. The summed E-state index contributed by atoms with van der Waals surface area (Å²) in [6.07, 6.45) is 2.01. The fraction of sp³-hybridized carbons (Fsp3) is 0.250. The molecule has 0 aliphatic heterocycles. The molecule has 0 saturated heterocycles. The summed E-state index contributed by atoms with van der Waals surface area (Å²) < 4.78 is 5.11. The van der Waals surface area contributed by atoms with Crippen LogP contribution in [0.3, 0.4) is 0 Å². The van der Waals surface area contributed by atoms with Crippen LogP contribution in [0.25, 0.3) is 0 Å². The fourth-order valence-electron chi connectivity index (χ4n) is 1.29. The summed E-state index contributed by atoms with van der Waals surface area (Å²) in [5.74, 6) is 0.235. The lowest BCUT2D eigenvalue weighted by atomic mass is 10.2. The standard InChI is InChI=1S/C12H15ClN2O2/c1-3-4-9(14)12(16)15-10-7-8(13)5-6-11(10)17-2/h3,5-7,9H,1,4,14H2,2H3,(H,15,16). The van der Waals surface area contributed by atoms with Crippen LogP contribution < -0.4 is 15.8 Å². The average Bonchev–Trinajstić information content (AvgIpc) is 2.29. The van der Waals surface area contributed by atoms with Crippen molar-refractivity contribution in [2.45, 2.75) is 12.5 Å². The van der Waals surface area contributed by atoms with Crippen LogP contribution in [0.2, 0.25) is 5.02 Å². The summed E-state index contributed by atoms with van der Waals surface area (Å²) in [5.41, 5.74) is 6.15. The van der Waals surface area contributed by atoms with E-state index in [9.17, 15) is 4.79 Å². The Morgan fingerprint density at radius 3 is 3.00 bits per heavy atom. The van der Waals surface area contributed by atoms with Gasteiger partial charge in [-0.15, -0.1) is 6.58 Å². The number of halogens is 1. The predicted molar refractivity (Wildman–Crippen MR) is 69.4 cm³/mol. The second-order valence-corrected chi connectivity index (χ2v) is 3.90. The molecule has 4 nitrogen and oxygen atoms in total. The number of rotatable bonds is 5. The van der Waals surface area contributed by atoms with Crippen molar-refractivity contribution in [3.8, 4) is 5.75 Å². The van der Waals surface area contributed by atoms with Gasteiger partial charge < -0.3 is 15.8 Å². The van der Waals surface area contributed by atoms with Crippen molar-refractivity contribution in [2.75, 3.05) is 12.4 Å². The van der Waals surface area contributed by atoms with Crippen molar-refractivity contribution in [1.29, 1.82) is 0 Å². The molecule has 0 heterocycles. The normalized spacial score (nSPS) is 11.7. The lowest BCUT2D eigenvalue weighted by Crippen LogP contribution is -2.35. The quantitative estimate of drug-likeness (QED) is 0.792. The van der Waals surface area contributed by atoms with Crippen LogP contribution in [0.15, 0.2) is 30.9 Å². The van der Waals surface area contributed by atoms with Crippen LogP contribution in [0.5, 0.6) is 5.75 Å². The summed E-state index contributed by atoms with van der Waals surface area (Å²) in [6, 6.07) is 4.34. The molecule has 0 saturated carbocycles. The molecule has 1 aromatic carbocycles. The van der Waals surface area contributed by atoms with E-state index in [-0.39, 0.29) is 5.91 Å². The van der Waals surface area contributed by atoms with Crippen LogP contribution in [-0.4, -0.2) is 19.1 Å². The van der Waals surface area contributed by atoms with Crippen molar-refractivity contribution < 1.29 is 9.53 Å². The van der Waals surface area contributed by atoms with E-state index in [0.717, 1.165) is 0 Å². The van der Waals surface area contributed by atoms with Crippen LogP contribution in [0.4, 0.5) is 5.69 Å². The number of methoxy groups -OCH3 is 1. The monoisotopic (exact) mass is 254 g/mol. The zero-order valence-electron chi connectivity index (χ0n) is 9.57. The van der Waals surface area contributed by atoms with E-state index >= 15 is 0 Å². The third kappa shape index (κ3) is 3.76. The van der Waals surface area contributed by atoms with Crippen molar-refractivity contribution >= 4 is 23.2 Å². The highest BCUT2D eigenvalue weighted by Gasteiger charge is 2.14.